The molecule has 1 aromatic rings. The van der Waals surface area contributed by atoms with E-state index in [1.54, 1.807) is 19.1 Å². The molecule has 1 rings (SSSR count). The summed E-state index contributed by atoms with van der Waals surface area (Å²) in [7, 11) is 0. The molecule has 0 heterocycles. The highest BCUT2D eigenvalue weighted by molar-refractivity contribution is 8.13. The zero-order valence-electron chi connectivity index (χ0n) is 7.88. The summed E-state index contributed by atoms with van der Waals surface area (Å²) in [5, 5.41) is 0.169. The van der Waals surface area contributed by atoms with Crippen molar-refractivity contribution in [2.75, 3.05) is 0 Å². The van der Waals surface area contributed by atoms with Crippen molar-refractivity contribution in [1.29, 1.82) is 0 Å². The molecule has 0 aliphatic carbocycles. The maximum absolute atomic E-state index is 13.3. The van der Waals surface area contributed by atoms with Gasteiger partial charge in [0.1, 0.15) is 5.82 Å². The maximum atomic E-state index is 13.3. The van der Waals surface area contributed by atoms with Gasteiger partial charge in [-0.05, 0) is 19.1 Å². The van der Waals surface area contributed by atoms with Crippen LogP contribution in [0.15, 0.2) is 18.2 Å². The van der Waals surface area contributed by atoms with Crippen molar-refractivity contribution in [1.82, 2.24) is 0 Å². The number of carbonyl (C=O) groups is 1. The molecule has 0 fully saturated rings. The summed E-state index contributed by atoms with van der Waals surface area (Å²) >= 11 is 6.72. The van der Waals surface area contributed by atoms with Crippen molar-refractivity contribution in [3.8, 4) is 0 Å². The average Bonchev–Trinajstić information content (AvgIpc) is 2.01. The van der Waals surface area contributed by atoms with Crippen molar-refractivity contribution >= 4 is 28.5 Å². The van der Waals surface area contributed by atoms with Crippen LogP contribution in [-0.4, -0.2) is 5.12 Å². The van der Waals surface area contributed by atoms with E-state index >= 15 is 0 Å². The van der Waals surface area contributed by atoms with Crippen LogP contribution in [0.3, 0.4) is 0 Å². The summed E-state index contributed by atoms with van der Waals surface area (Å²) in [5.74, 6) is -0.362. The molecule has 0 aliphatic rings. The van der Waals surface area contributed by atoms with Crippen LogP contribution in [0.5, 0.6) is 0 Å². The van der Waals surface area contributed by atoms with E-state index in [0.29, 0.717) is 10.6 Å². The van der Waals surface area contributed by atoms with E-state index in [4.69, 9.17) is 11.6 Å². The average molecular weight is 233 g/mol. The molecule has 0 saturated heterocycles. The molecule has 0 saturated carbocycles. The van der Waals surface area contributed by atoms with Gasteiger partial charge in [-0.1, -0.05) is 29.4 Å². The SMILES string of the molecule is CC(=O)SC(C)c1ccc(Cl)cc1F. The molecule has 1 aromatic carbocycles. The molecule has 0 amide bonds. The first-order valence-corrected chi connectivity index (χ1v) is 5.38. The number of halogens is 2. The molecule has 76 valence electrons. The summed E-state index contributed by atoms with van der Waals surface area (Å²) in [4.78, 5) is 10.8. The van der Waals surface area contributed by atoms with Gasteiger partial charge >= 0.3 is 0 Å². The standard InChI is InChI=1S/C10H10ClFOS/c1-6(14-7(2)13)9-4-3-8(11)5-10(9)12/h3-6H,1-2H3. The third kappa shape index (κ3) is 3.00. The summed E-state index contributed by atoms with van der Waals surface area (Å²) in [6.45, 7) is 3.26. The number of hydrogen-bond donors (Lipinski definition) is 0. The normalized spacial score (nSPS) is 12.6. The Morgan fingerprint density at radius 2 is 2.21 bits per heavy atom. The second-order valence-corrected chi connectivity index (χ2v) is 4.87. The van der Waals surface area contributed by atoms with E-state index in [9.17, 15) is 9.18 Å². The Labute approximate surface area is 91.6 Å². The predicted molar refractivity (Wildman–Crippen MR) is 58.1 cm³/mol. The lowest BCUT2D eigenvalue weighted by Gasteiger charge is -2.10. The van der Waals surface area contributed by atoms with Gasteiger partial charge in [-0.25, -0.2) is 4.39 Å². The molecule has 4 heteroatoms. The Balaban J connectivity index is 2.90. The maximum Gasteiger partial charge on any atom is 0.186 e. The molecule has 1 atom stereocenters. The number of hydrogen-bond acceptors (Lipinski definition) is 2. The lowest BCUT2D eigenvalue weighted by atomic mass is 10.1. The quantitative estimate of drug-likeness (QED) is 0.771. The van der Waals surface area contributed by atoms with E-state index in [1.165, 1.54) is 13.0 Å². The largest absolute Gasteiger partial charge is 0.288 e. The van der Waals surface area contributed by atoms with Gasteiger partial charge in [0.2, 0.25) is 0 Å². The summed E-state index contributed by atoms with van der Waals surface area (Å²) in [6.07, 6.45) is 0. The molecule has 1 nitrogen and oxygen atoms in total. The number of rotatable bonds is 2. The monoisotopic (exact) mass is 232 g/mol. The van der Waals surface area contributed by atoms with Gasteiger partial charge in [0, 0.05) is 22.8 Å². The van der Waals surface area contributed by atoms with Crippen LogP contribution >= 0.6 is 23.4 Å². The Morgan fingerprint density at radius 1 is 1.57 bits per heavy atom. The summed E-state index contributed by atoms with van der Waals surface area (Å²) in [5.41, 5.74) is 0.509. The second kappa shape index (κ2) is 4.80. The summed E-state index contributed by atoms with van der Waals surface area (Å²) < 4.78 is 13.3. The van der Waals surface area contributed by atoms with Crippen LogP contribution in [0.25, 0.3) is 0 Å². The summed E-state index contributed by atoms with van der Waals surface area (Å²) in [6, 6.07) is 4.49. The van der Waals surface area contributed by atoms with Gasteiger partial charge < -0.3 is 0 Å². The van der Waals surface area contributed by atoms with Crippen LogP contribution in [0.4, 0.5) is 4.39 Å². The molecular weight excluding hydrogens is 223 g/mol. The molecule has 1 unspecified atom stereocenters. The third-order valence-electron chi connectivity index (χ3n) is 1.74. The van der Waals surface area contributed by atoms with Crippen LogP contribution in [-0.2, 0) is 4.79 Å². The highest BCUT2D eigenvalue weighted by Crippen LogP contribution is 2.31. The number of benzene rings is 1. The highest BCUT2D eigenvalue weighted by Gasteiger charge is 2.13. The fraction of sp³-hybridized carbons (Fsp3) is 0.300. The van der Waals surface area contributed by atoms with Crippen molar-refractivity contribution < 1.29 is 9.18 Å². The zero-order valence-corrected chi connectivity index (χ0v) is 9.45. The minimum atomic E-state index is -0.362. The first-order chi connectivity index (χ1) is 6.50. The fourth-order valence-corrected chi connectivity index (χ4v) is 2.12. The molecule has 0 N–H and O–H groups in total. The Bertz CT molecular complexity index is 354. The van der Waals surface area contributed by atoms with Crippen LogP contribution in [0, 0.1) is 5.82 Å². The van der Waals surface area contributed by atoms with Crippen molar-refractivity contribution in [3.05, 3.63) is 34.6 Å². The van der Waals surface area contributed by atoms with Gasteiger partial charge in [0.25, 0.3) is 0 Å². The second-order valence-electron chi connectivity index (χ2n) is 2.92. The zero-order chi connectivity index (χ0) is 10.7. The molecule has 0 aliphatic heterocycles. The third-order valence-corrected chi connectivity index (χ3v) is 2.92. The minimum Gasteiger partial charge on any atom is -0.288 e. The lowest BCUT2D eigenvalue weighted by molar-refractivity contribution is -0.109. The van der Waals surface area contributed by atoms with Gasteiger partial charge in [0.05, 0.1) is 0 Å². The highest BCUT2D eigenvalue weighted by atomic mass is 35.5. The van der Waals surface area contributed by atoms with Gasteiger partial charge in [-0.15, -0.1) is 0 Å². The topological polar surface area (TPSA) is 17.1 Å². The van der Waals surface area contributed by atoms with Crippen LogP contribution in [0.2, 0.25) is 5.02 Å². The van der Waals surface area contributed by atoms with Crippen LogP contribution < -0.4 is 0 Å². The van der Waals surface area contributed by atoms with Crippen molar-refractivity contribution in [3.63, 3.8) is 0 Å². The Morgan fingerprint density at radius 3 is 2.71 bits per heavy atom. The van der Waals surface area contributed by atoms with Crippen LogP contribution in [0.1, 0.15) is 24.7 Å². The molecule has 0 radical (unpaired) electrons. The van der Waals surface area contributed by atoms with Crippen molar-refractivity contribution in [2.24, 2.45) is 0 Å². The van der Waals surface area contributed by atoms with E-state index in [0.717, 1.165) is 11.8 Å². The number of thioether (sulfide) groups is 1. The first kappa shape index (κ1) is 11.5. The fourth-order valence-electron chi connectivity index (χ4n) is 1.14. The lowest BCUT2D eigenvalue weighted by Crippen LogP contribution is -1.96. The molecule has 0 spiro atoms. The van der Waals surface area contributed by atoms with Crippen molar-refractivity contribution in [2.45, 2.75) is 19.1 Å². The van der Waals surface area contributed by atoms with Gasteiger partial charge in [0.15, 0.2) is 5.12 Å². The molecule has 0 bridgehead atoms. The van der Waals surface area contributed by atoms with E-state index in [-0.39, 0.29) is 16.2 Å². The van der Waals surface area contributed by atoms with E-state index in [2.05, 4.69) is 0 Å². The predicted octanol–water partition coefficient (Wildman–Crippen LogP) is 3.82. The Kier molecular flexibility index (Phi) is 3.96. The van der Waals surface area contributed by atoms with Gasteiger partial charge in [-0.2, -0.15) is 0 Å². The van der Waals surface area contributed by atoms with Gasteiger partial charge in [-0.3, -0.25) is 4.79 Å². The smallest absolute Gasteiger partial charge is 0.186 e. The Hall–Kier alpha value is -0.540. The van der Waals surface area contributed by atoms with E-state index in [1.807, 2.05) is 0 Å². The minimum absolute atomic E-state index is 0.0214. The first-order valence-electron chi connectivity index (χ1n) is 4.13. The number of carbonyl (C=O) groups excluding carboxylic acids is 1. The molecular formula is C10H10ClFOS. The molecule has 0 aromatic heterocycles. The molecule has 14 heavy (non-hydrogen) atoms. The van der Waals surface area contributed by atoms with E-state index < -0.39 is 0 Å².